The van der Waals surface area contributed by atoms with Gasteiger partial charge in [0.15, 0.2) is 11.6 Å². The molecule has 0 aliphatic rings. The molecular weight excluding hydrogens is 294 g/mol. The number of halogens is 2. The van der Waals surface area contributed by atoms with Gasteiger partial charge in [0.25, 0.3) is 0 Å². The van der Waals surface area contributed by atoms with Crippen molar-refractivity contribution in [2.45, 2.75) is 17.7 Å². The number of primary sulfonamides is 1. The molecule has 9 heteroatoms. The van der Waals surface area contributed by atoms with E-state index in [4.69, 9.17) is 9.88 Å². The van der Waals surface area contributed by atoms with Crippen LogP contribution in [-0.4, -0.2) is 28.0 Å². The van der Waals surface area contributed by atoms with E-state index in [-0.39, 0.29) is 18.9 Å². The van der Waals surface area contributed by atoms with Crippen molar-refractivity contribution in [3.8, 4) is 5.75 Å². The van der Waals surface area contributed by atoms with Crippen LogP contribution in [0, 0.1) is 11.6 Å². The summed E-state index contributed by atoms with van der Waals surface area (Å²) in [6, 6.07) is 1.79. The molecule has 0 fully saturated rings. The van der Waals surface area contributed by atoms with Crippen LogP contribution < -0.4 is 15.2 Å². The number of carbonyl (C=O) groups excluding carboxylic acids is 1. The second-order valence-electron chi connectivity index (χ2n) is 3.86. The Morgan fingerprint density at radius 2 is 2.00 bits per heavy atom. The Morgan fingerprint density at radius 1 is 1.35 bits per heavy atom. The van der Waals surface area contributed by atoms with Crippen LogP contribution in [0.2, 0.25) is 0 Å². The van der Waals surface area contributed by atoms with Crippen LogP contribution in [-0.2, 0) is 14.8 Å². The summed E-state index contributed by atoms with van der Waals surface area (Å²) in [6.07, 6.45) is 0.480. The van der Waals surface area contributed by atoms with Crippen LogP contribution in [0.1, 0.15) is 12.8 Å². The number of rotatable bonds is 6. The largest absolute Gasteiger partial charge is 0.490 e. The summed E-state index contributed by atoms with van der Waals surface area (Å²) < 4.78 is 53.9. The molecule has 0 radical (unpaired) electrons. The Balaban J connectivity index is 2.74. The van der Waals surface area contributed by atoms with Crippen LogP contribution >= 0.6 is 0 Å². The average Bonchev–Trinajstić information content (AvgIpc) is 2.37. The van der Waals surface area contributed by atoms with E-state index in [0.29, 0.717) is 6.42 Å². The summed E-state index contributed by atoms with van der Waals surface area (Å²) >= 11 is 0. The highest BCUT2D eigenvalue weighted by molar-refractivity contribution is 7.89. The second-order valence-corrected chi connectivity index (χ2v) is 5.39. The minimum atomic E-state index is -4.34. The monoisotopic (exact) mass is 308 g/mol. The van der Waals surface area contributed by atoms with Gasteiger partial charge in [-0.25, -0.2) is 17.9 Å². The molecule has 112 valence electrons. The topological polar surface area (TPSA) is 98.5 Å². The summed E-state index contributed by atoms with van der Waals surface area (Å²) in [6.45, 7) is -0.0154. The van der Waals surface area contributed by atoms with Gasteiger partial charge in [-0.1, -0.05) is 0 Å². The molecule has 1 amide bonds. The molecule has 3 N–H and O–H groups in total. The fourth-order valence-corrected chi connectivity index (χ4v) is 1.98. The zero-order valence-electron chi connectivity index (χ0n) is 10.7. The van der Waals surface area contributed by atoms with E-state index in [1.807, 2.05) is 0 Å². The minimum Gasteiger partial charge on any atom is -0.490 e. The van der Waals surface area contributed by atoms with Gasteiger partial charge in [-0.2, -0.15) is 4.39 Å². The lowest BCUT2D eigenvalue weighted by Crippen LogP contribution is -2.18. The SMILES string of the molecule is CNC(=O)CCCOc1ccc(S(N)(=O)=O)c(F)c1F. The van der Waals surface area contributed by atoms with E-state index >= 15 is 0 Å². The Kier molecular flexibility index (Phi) is 5.40. The first-order valence-electron chi connectivity index (χ1n) is 5.61. The van der Waals surface area contributed by atoms with Crippen LogP contribution in [0.15, 0.2) is 17.0 Å². The van der Waals surface area contributed by atoms with Crippen LogP contribution in [0.4, 0.5) is 8.78 Å². The minimum absolute atomic E-state index is 0.0154. The summed E-state index contributed by atoms with van der Waals surface area (Å²) in [5.41, 5.74) is 0. The molecule has 1 rings (SSSR count). The highest BCUT2D eigenvalue weighted by Crippen LogP contribution is 2.25. The molecule has 1 aromatic carbocycles. The third kappa shape index (κ3) is 4.14. The molecule has 0 aliphatic heterocycles. The maximum absolute atomic E-state index is 13.5. The van der Waals surface area contributed by atoms with Gasteiger partial charge < -0.3 is 10.1 Å². The number of amides is 1. The molecule has 0 spiro atoms. The number of nitrogens with one attached hydrogen (secondary N) is 1. The predicted octanol–water partition coefficient (Wildman–Crippen LogP) is 0.517. The van der Waals surface area contributed by atoms with Gasteiger partial charge in [0.2, 0.25) is 21.7 Å². The van der Waals surface area contributed by atoms with Gasteiger partial charge in [-0.05, 0) is 18.6 Å². The lowest BCUT2D eigenvalue weighted by molar-refractivity contribution is -0.120. The fourth-order valence-electron chi connectivity index (χ4n) is 1.39. The Hall–Kier alpha value is -1.74. The molecule has 6 nitrogen and oxygen atoms in total. The summed E-state index contributed by atoms with van der Waals surface area (Å²) in [5, 5.41) is 7.13. The number of nitrogens with two attached hydrogens (primary N) is 1. The standard InChI is InChI=1S/C11H14F2N2O4S/c1-15-9(16)3-2-6-19-7-4-5-8(20(14,17)18)11(13)10(7)12/h4-5H,2-3,6H2,1H3,(H,15,16)(H2,14,17,18). The van der Waals surface area contributed by atoms with Crippen LogP contribution in [0.3, 0.4) is 0 Å². The Labute approximate surface area is 115 Å². The fraction of sp³-hybridized carbons (Fsp3) is 0.364. The maximum atomic E-state index is 13.5. The van der Waals surface area contributed by atoms with E-state index in [0.717, 1.165) is 12.1 Å². The molecule has 0 saturated carbocycles. The first kappa shape index (κ1) is 16.3. The number of hydrogen-bond acceptors (Lipinski definition) is 4. The van der Waals surface area contributed by atoms with Crippen LogP contribution in [0.25, 0.3) is 0 Å². The van der Waals surface area contributed by atoms with Gasteiger partial charge in [-0.3, -0.25) is 4.79 Å². The van der Waals surface area contributed by atoms with Crippen molar-refractivity contribution in [2.75, 3.05) is 13.7 Å². The van der Waals surface area contributed by atoms with E-state index in [1.54, 1.807) is 0 Å². The van der Waals surface area contributed by atoms with Crippen molar-refractivity contribution in [1.82, 2.24) is 5.32 Å². The zero-order chi connectivity index (χ0) is 15.3. The van der Waals surface area contributed by atoms with Crippen LogP contribution in [0.5, 0.6) is 5.75 Å². The highest BCUT2D eigenvalue weighted by atomic mass is 32.2. The zero-order valence-corrected chi connectivity index (χ0v) is 11.5. The quantitative estimate of drug-likeness (QED) is 0.748. The highest BCUT2D eigenvalue weighted by Gasteiger charge is 2.21. The molecule has 0 aliphatic carbocycles. The predicted molar refractivity (Wildman–Crippen MR) is 66.5 cm³/mol. The van der Waals surface area contributed by atoms with Crippen molar-refractivity contribution in [1.29, 1.82) is 0 Å². The molecule has 1 aromatic rings. The Morgan fingerprint density at radius 3 is 2.55 bits per heavy atom. The molecule has 0 atom stereocenters. The molecule has 0 saturated heterocycles. The van der Waals surface area contributed by atoms with E-state index in [2.05, 4.69) is 5.32 Å². The lowest BCUT2D eigenvalue weighted by atomic mass is 10.3. The van der Waals surface area contributed by atoms with Gasteiger partial charge in [0.05, 0.1) is 6.61 Å². The van der Waals surface area contributed by atoms with Gasteiger partial charge in [0.1, 0.15) is 4.90 Å². The molecule has 0 aromatic heterocycles. The van der Waals surface area contributed by atoms with Gasteiger partial charge in [0, 0.05) is 13.5 Å². The molecule has 0 heterocycles. The molecular formula is C11H14F2N2O4S. The number of carbonyl (C=O) groups is 1. The number of hydrogen-bond donors (Lipinski definition) is 2. The first-order chi connectivity index (χ1) is 9.27. The van der Waals surface area contributed by atoms with Crippen molar-refractivity contribution in [3.63, 3.8) is 0 Å². The van der Waals surface area contributed by atoms with Crippen molar-refractivity contribution in [2.24, 2.45) is 5.14 Å². The third-order valence-electron chi connectivity index (χ3n) is 2.40. The number of sulfonamides is 1. The Bertz CT molecular complexity index is 605. The normalized spacial score (nSPS) is 11.2. The lowest BCUT2D eigenvalue weighted by Gasteiger charge is -2.09. The smallest absolute Gasteiger partial charge is 0.241 e. The molecule has 20 heavy (non-hydrogen) atoms. The van der Waals surface area contributed by atoms with E-state index in [9.17, 15) is 22.0 Å². The molecule has 0 bridgehead atoms. The van der Waals surface area contributed by atoms with Crippen molar-refractivity contribution < 1.29 is 26.7 Å². The average molecular weight is 308 g/mol. The maximum Gasteiger partial charge on any atom is 0.241 e. The van der Waals surface area contributed by atoms with E-state index in [1.165, 1.54) is 7.05 Å². The number of ether oxygens (including phenoxy) is 1. The van der Waals surface area contributed by atoms with E-state index < -0.39 is 32.3 Å². The number of benzene rings is 1. The van der Waals surface area contributed by atoms with Gasteiger partial charge >= 0.3 is 0 Å². The second kappa shape index (κ2) is 6.62. The summed E-state index contributed by atoms with van der Waals surface area (Å²) in [7, 11) is -2.86. The first-order valence-corrected chi connectivity index (χ1v) is 7.16. The van der Waals surface area contributed by atoms with Crippen molar-refractivity contribution in [3.05, 3.63) is 23.8 Å². The third-order valence-corrected chi connectivity index (χ3v) is 3.33. The molecule has 0 unspecified atom stereocenters. The van der Waals surface area contributed by atoms with Gasteiger partial charge in [-0.15, -0.1) is 0 Å². The van der Waals surface area contributed by atoms with Crippen molar-refractivity contribution >= 4 is 15.9 Å². The summed E-state index contributed by atoms with van der Waals surface area (Å²) in [4.78, 5) is 9.98. The summed E-state index contributed by atoms with van der Waals surface area (Å²) in [5.74, 6) is -3.66.